The van der Waals surface area contributed by atoms with Crippen LogP contribution in [0.15, 0.2) is 24.3 Å². The van der Waals surface area contributed by atoms with Crippen molar-refractivity contribution in [2.24, 2.45) is 0 Å². The molecular formula is C18H20FN3O2. The van der Waals surface area contributed by atoms with Crippen molar-refractivity contribution in [1.29, 1.82) is 0 Å². The molecule has 1 aliphatic heterocycles. The number of aliphatic hydroxyl groups is 1. The number of amides is 1. The lowest BCUT2D eigenvalue weighted by atomic mass is 9.93. The summed E-state index contributed by atoms with van der Waals surface area (Å²) in [7, 11) is 0. The minimum atomic E-state index is -1.13. The van der Waals surface area contributed by atoms with E-state index in [1.54, 1.807) is 17.0 Å². The van der Waals surface area contributed by atoms with Gasteiger partial charge < -0.3 is 10.0 Å². The quantitative estimate of drug-likeness (QED) is 0.887. The molecule has 1 amide bonds. The van der Waals surface area contributed by atoms with Crippen LogP contribution in [0.2, 0.25) is 0 Å². The number of benzene rings is 1. The van der Waals surface area contributed by atoms with Gasteiger partial charge in [0, 0.05) is 17.8 Å². The van der Waals surface area contributed by atoms with Crippen LogP contribution in [0.4, 0.5) is 4.39 Å². The van der Waals surface area contributed by atoms with Crippen LogP contribution in [0.5, 0.6) is 0 Å². The maximum Gasteiger partial charge on any atom is 0.274 e. The third kappa shape index (κ3) is 2.51. The number of nitrogens with one attached hydrogen (secondary N) is 1. The first-order valence-corrected chi connectivity index (χ1v) is 8.41. The highest BCUT2D eigenvalue weighted by Crippen LogP contribution is 2.33. The van der Waals surface area contributed by atoms with Gasteiger partial charge in [-0.05, 0) is 49.8 Å². The number of rotatable bonds is 2. The van der Waals surface area contributed by atoms with Crippen molar-refractivity contribution in [2.75, 3.05) is 13.1 Å². The van der Waals surface area contributed by atoms with Gasteiger partial charge in [0.1, 0.15) is 11.4 Å². The number of fused-ring (bicyclic) bond motifs is 1. The molecule has 0 spiro atoms. The van der Waals surface area contributed by atoms with Crippen molar-refractivity contribution in [3.63, 3.8) is 0 Å². The van der Waals surface area contributed by atoms with Crippen LogP contribution in [0.1, 0.15) is 46.6 Å². The molecule has 1 unspecified atom stereocenters. The normalized spacial score (nSPS) is 23.3. The molecule has 1 aromatic carbocycles. The fourth-order valence-corrected chi connectivity index (χ4v) is 3.77. The van der Waals surface area contributed by atoms with Gasteiger partial charge in [-0.15, -0.1) is 0 Å². The third-order valence-electron chi connectivity index (χ3n) is 5.18. The second-order valence-corrected chi connectivity index (χ2v) is 6.75. The lowest BCUT2D eigenvalue weighted by molar-refractivity contribution is 0.0414. The smallest absolute Gasteiger partial charge is 0.274 e. The van der Waals surface area contributed by atoms with Crippen LogP contribution in [0.25, 0.3) is 0 Å². The maximum atomic E-state index is 13.1. The van der Waals surface area contributed by atoms with Gasteiger partial charge in [0.2, 0.25) is 0 Å². The number of nitrogens with zero attached hydrogens (tertiary/aromatic N) is 2. The van der Waals surface area contributed by atoms with E-state index in [0.29, 0.717) is 24.2 Å². The van der Waals surface area contributed by atoms with Crippen LogP contribution in [0.3, 0.4) is 0 Å². The van der Waals surface area contributed by atoms with Crippen molar-refractivity contribution in [1.82, 2.24) is 15.1 Å². The Labute approximate surface area is 139 Å². The minimum absolute atomic E-state index is 0.132. The zero-order valence-electron chi connectivity index (χ0n) is 13.4. The van der Waals surface area contributed by atoms with E-state index in [4.69, 9.17) is 0 Å². The molecule has 1 aromatic heterocycles. The van der Waals surface area contributed by atoms with Gasteiger partial charge in [0.15, 0.2) is 5.69 Å². The van der Waals surface area contributed by atoms with E-state index >= 15 is 0 Å². The van der Waals surface area contributed by atoms with Gasteiger partial charge in [-0.2, -0.15) is 5.10 Å². The molecular weight excluding hydrogens is 309 g/mol. The first-order chi connectivity index (χ1) is 11.6. The van der Waals surface area contributed by atoms with Crippen molar-refractivity contribution in [3.8, 4) is 0 Å². The molecule has 126 valence electrons. The molecule has 24 heavy (non-hydrogen) atoms. The van der Waals surface area contributed by atoms with Gasteiger partial charge in [-0.1, -0.05) is 12.1 Å². The summed E-state index contributed by atoms with van der Waals surface area (Å²) in [4.78, 5) is 14.5. The molecule has 1 aliphatic carbocycles. The summed E-state index contributed by atoms with van der Waals surface area (Å²) < 4.78 is 13.1. The molecule has 0 saturated carbocycles. The second-order valence-electron chi connectivity index (χ2n) is 6.75. The molecule has 4 rings (SSSR count). The summed E-state index contributed by atoms with van der Waals surface area (Å²) in [6.07, 6.45) is 4.46. The van der Waals surface area contributed by atoms with Gasteiger partial charge in [-0.3, -0.25) is 9.89 Å². The fraction of sp³-hybridized carbons (Fsp3) is 0.444. The van der Waals surface area contributed by atoms with Crippen molar-refractivity contribution in [2.45, 2.75) is 37.7 Å². The predicted octanol–water partition coefficient (Wildman–Crippen LogP) is 2.16. The Hall–Kier alpha value is -2.21. The SMILES string of the molecule is O=C(c1n[nH]c2c1CCCC2)N1CCC(O)(c2ccc(F)cc2)C1. The summed E-state index contributed by atoms with van der Waals surface area (Å²) in [5.74, 6) is -0.469. The largest absolute Gasteiger partial charge is 0.383 e. The van der Waals surface area contributed by atoms with Crippen LogP contribution in [-0.4, -0.2) is 39.2 Å². The summed E-state index contributed by atoms with van der Waals surface area (Å²) in [6.45, 7) is 0.674. The van der Waals surface area contributed by atoms with E-state index in [1.165, 1.54) is 12.1 Å². The number of aromatic amines is 1. The van der Waals surface area contributed by atoms with Crippen LogP contribution in [-0.2, 0) is 18.4 Å². The van der Waals surface area contributed by atoms with Gasteiger partial charge in [-0.25, -0.2) is 4.39 Å². The highest BCUT2D eigenvalue weighted by atomic mass is 19.1. The second kappa shape index (κ2) is 5.70. The molecule has 6 heteroatoms. The average Bonchev–Trinajstić information content (AvgIpc) is 3.19. The lowest BCUT2D eigenvalue weighted by Crippen LogP contribution is -2.35. The molecule has 2 heterocycles. The van der Waals surface area contributed by atoms with E-state index in [0.717, 1.165) is 36.9 Å². The first-order valence-electron chi connectivity index (χ1n) is 8.41. The summed E-state index contributed by atoms with van der Waals surface area (Å²) in [5.41, 5.74) is 2.11. The van der Waals surface area contributed by atoms with E-state index in [9.17, 15) is 14.3 Å². The zero-order chi connectivity index (χ0) is 16.7. The van der Waals surface area contributed by atoms with Crippen molar-refractivity contribution < 1.29 is 14.3 Å². The molecule has 1 saturated heterocycles. The Morgan fingerprint density at radius 1 is 1.25 bits per heavy atom. The monoisotopic (exact) mass is 329 g/mol. The minimum Gasteiger partial charge on any atom is -0.383 e. The Balaban J connectivity index is 1.55. The number of aromatic nitrogens is 2. The Morgan fingerprint density at radius 3 is 2.79 bits per heavy atom. The third-order valence-corrected chi connectivity index (χ3v) is 5.18. The number of halogens is 1. The highest BCUT2D eigenvalue weighted by Gasteiger charge is 2.41. The van der Waals surface area contributed by atoms with Crippen molar-refractivity contribution in [3.05, 3.63) is 52.6 Å². The molecule has 1 fully saturated rings. The van der Waals surface area contributed by atoms with E-state index < -0.39 is 5.60 Å². The molecule has 5 nitrogen and oxygen atoms in total. The van der Waals surface area contributed by atoms with Gasteiger partial charge in [0.25, 0.3) is 5.91 Å². The first kappa shape index (κ1) is 15.3. The number of β-amino-alcohol motifs (C(OH)–C–C–N with tert-alkyl or cyclic N) is 1. The number of carbonyl (C=O) groups is 1. The highest BCUT2D eigenvalue weighted by molar-refractivity contribution is 5.94. The summed E-state index contributed by atoms with van der Waals surface area (Å²) >= 11 is 0. The van der Waals surface area contributed by atoms with Gasteiger partial charge >= 0.3 is 0 Å². The van der Waals surface area contributed by atoms with Crippen LogP contribution in [0, 0.1) is 5.82 Å². The Bertz CT molecular complexity index is 771. The van der Waals surface area contributed by atoms with Crippen molar-refractivity contribution >= 4 is 5.91 Å². The number of hydrogen-bond acceptors (Lipinski definition) is 3. The standard InChI is InChI=1S/C18H20FN3O2/c19-13-7-5-12(6-8-13)18(24)9-10-22(11-18)17(23)16-14-3-1-2-4-15(14)20-21-16/h5-8,24H,1-4,9-11H2,(H,20,21). The topological polar surface area (TPSA) is 69.2 Å². The number of carbonyl (C=O) groups excluding carboxylic acids is 1. The number of hydrogen-bond donors (Lipinski definition) is 2. The van der Waals surface area contributed by atoms with Crippen LogP contribution >= 0.6 is 0 Å². The number of likely N-dealkylation sites (tertiary alicyclic amines) is 1. The fourth-order valence-electron chi connectivity index (χ4n) is 3.77. The van der Waals surface area contributed by atoms with E-state index in [1.807, 2.05) is 0 Å². The molecule has 0 radical (unpaired) electrons. The summed E-state index contributed by atoms with van der Waals surface area (Å²) in [5, 5.41) is 18.1. The zero-order valence-corrected chi connectivity index (χ0v) is 13.4. The lowest BCUT2D eigenvalue weighted by Gasteiger charge is -2.24. The summed E-state index contributed by atoms with van der Waals surface area (Å²) in [6, 6.07) is 5.84. The Morgan fingerprint density at radius 2 is 2.00 bits per heavy atom. The average molecular weight is 329 g/mol. The van der Waals surface area contributed by atoms with E-state index in [2.05, 4.69) is 10.2 Å². The number of aryl methyl sites for hydroxylation is 1. The van der Waals surface area contributed by atoms with Gasteiger partial charge in [0.05, 0.1) is 6.54 Å². The van der Waals surface area contributed by atoms with E-state index in [-0.39, 0.29) is 18.3 Å². The molecule has 0 bridgehead atoms. The number of H-pyrrole nitrogens is 1. The molecule has 2 aliphatic rings. The predicted molar refractivity (Wildman–Crippen MR) is 86.0 cm³/mol. The molecule has 2 aromatic rings. The Kier molecular flexibility index (Phi) is 3.64. The van der Waals surface area contributed by atoms with Crippen LogP contribution < -0.4 is 0 Å². The molecule has 1 atom stereocenters. The maximum absolute atomic E-state index is 13.1. The molecule has 2 N–H and O–H groups in total.